The first kappa shape index (κ1) is 22.3. The van der Waals surface area contributed by atoms with Gasteiger partial charge in [-0.15, -0.1) is 0 Å². The molecule has 1 saturated carbocycles. The summed E-state index contributed by atoms with van der Waals surface area (Å²) in [5.74, 6) is 0.702. The van der Waals surface area contributed by atoms with Crippen molar-refractivity contribution >= 4 is 19.2 Å². The maximum absolute atomic E-state index is 5.84. The summed E-state index contributed by atoms with van der Waals surface area (Å²) in [6.07, 6.45) is 7.88. The fourth-order valence-corrected chi connectivity index (χ4v) is 8.72. The molecule has 0 saturated heterocycles. The van der Waals surface area contributed by atoms with Crippen LogP contribution in [0.5, 0.6) is 0 Å². The van der Waals surface area contributed by atoms with Gasteiger partial charge >= 0.3 is 0 Å². The van der Waals surface area contributed by atoms with Crippen molar-refractivity contribution in [2.75, 3.05) is 27.4 Å². The molecule has 1 radical (unpaired) electrons. The highest BCUT2D eigenvalue weighted by molar-refractivity contribution is 6.86. The Labute approximate surface area is 179 Å². The summed E-state index contributed by atoms with van der Waals surface area (Å²) in [6.45, 7) is 4.07. The van der Waals surface area contributed by atoms with Gasteiger partial charge in [0.25, 0.3) is 0 Å². The predicted molar refractivity (Wildman–Crippen MR) is 125 cm³/mol. The lowest BCUT2D eigenvalue weighted by Crippen LogP contribution is -2.49. The topological polar surface area (TPSA) is 18.5 Å². The average Bonchev–Trinajstić information content (AvgIpc) is 2.76. The van der Waals surface area contributed by atoms with Crippen LogP contribution < -0.4 is 10.4 Å². The maximum atomic E-state index is 5.84. The van der Waals surface area contributed by atoms with E-state index in [1.54, 1.807) is 0 Å². The minimum absolute atomic E-state index is 0.114. The van der Waals surface area contributed by atoms with Crippen molar-refractivity contribution in [1.29, 1.82) is 0 Å². The highest BCUT2D eigenvalue weighted by Crippen LogP contribution is 2.45. The third-order valence-corrected chi connectivity index (χ3v) is 9.81. The molecule has 1 aliphatic carbocycles. The molecule has 29 heavy (non-hydrogen) atoms. The fraction of sp³-hybridized carbons (Fsp3) is 0.538. The van der Waals surface area contributed by atoms with Gasteiger partial charge in [-0.2, -0.15) is 0 Å². The van der Waals surface area contributed by atoms with E-state index in [0.29, 0.717) is 11.5 Å². The van der Waals surface area contributed by atoms with E-state index in [1.165, 1.54) is 42.5 Å². The fourth-order valence-electron chi connectivity index (χ4n) is 5.53. The van der Waals surface area contributed by atoms with Gasteiger partial charge in [-0.25, -0.2) is 0 Å². The van der Waals surface area contributed by atoms with Crippen molar-refractivity contribution < 1.29 is 9.47 Å². The Balaban J connectivity index is 1.93. The molecule has 1 aliphatic rings. The molecule has 1 unspecified atom stereocenters. The van der Waals surface area contributed by atoms with Crippen molar-refractivity contribution in [2.45, 2.75) is 51.0 Å². The van der Waals surface area contributed by atoms with Gasteiger partial charge in [0.2, 0.25) is 0 Å². The molecule has 0 aromatic heterocycles. The zero-order valence-corrected chi connectivity index (χ0v) is 19.4. The Bertz CT molecular complexity index is 652. The molecule has 0 heterocycles. The van der Waals surface area contributed by atoms with Crippen molar-refractivity contribution in [2.24, 2.45) is 11.3 Å². The van der Waals surface area contributed by atoms with Gasteiger partial charge in [0.1, 0.15) is 8.80 Å². The van der Waals surface area contributed by atoms with Crippen molar-refractivity contribution in [3.05, 3.63) is 60.7 Å². The predicted octanol–water partition coefficient (Wildman–Crippen LogP) is 4.94. The highest BCUT2D eigenvalue weighted by Gasteiger charge is 2.42. The third-order valence-electron chi connectivity index (χ3n) is 6.71. The smallest absolute Gasteiger partial charge is 0.124 e. The summed E-state index contributed by atoms with van der Waals surface area (Å²) in [7, 11) is 2.82. The summed E-state index contributed by atoms with van der Waals surface area (Å²) in [5.41, 5.74) is 0.708. The van der Waals surface area contributed by atoms with Crippen LogP contribution in [0.2, 0.25) is 5.54 Å². The monoisotopic (exact) mass is 409 g/mol. The summed E-state index contributed by atoms with van der Waals surface area (Å²) >= 11 is 0. The second-order valence-electron chi connectivity index (χ2n) is 8.81. The molecule has 2 aromatic rings. The zero-order valence-electron chi connectivity index (χ0n) is 18.4. The minimum atomic E-state index is -0.895. The van der Waals surface area contributed by atoms with E-state index in [2.05, 4.69) is 67.6 Å². The Hall–Kier alpha value is -1.42. The van der Waals surface area contributed by atoms with Crippen LogP contribution in [0, 0.1) is 11.3 Å². The lowest BCUT2D eigenvalue weighted by atomic mass is 9.67. The molecule has 0 N–H and O–H groups in total. The molecule has 1 atom stereocenters. The Morgan fingerprint density at radius 3 is 1.76 bits per heavy atom. The summed E-state index contributed by atoms with van der Waals surface area (Å²) in [6, 6.07) is 22.3. The molecule has 3 heteroatoms. The van der Waals surface area contributed by atoms with Crippen LogP contribution in [0.25, 0.3) is 0 Å². The molecule has 1 fully saturated rings. The van der Waals surface area contributed by atoms with E-state index >= 15 is 0 Å². The summed E-state index contributed by atoms with van der Waals surface area (Å²) in [5, 5.41) is 3.01. The van der Waals surface area contributed by atoms with Crippen LogP contribution in [0.1, 0.15) is 45.4 Å². The molecule has 3 rings (SSSR count). The van der Waals surface area contributed by atoms with Crippen LogP contribution in [-0.2, 0) is 9.47 Å². The van der Waals surface area contributed by atoms with Gasteiger partial charge in [-0.05, 0) is 30.7 Å². The molecular weight excluding hydrogens is 372 g/mol. The third kappa shape index (κ3) is 5.59. The standard InChI is InChI=1S/C26H37O2Si/c1-22(19-26(20-27-2,21-28-3)23-13-7-4-8-14-23)29(24-15-9-5-10-16-24)25-17-11-6-12-18-25/h5-6,9-12,15-18,22-23H,4,7-8,13-14,19-21H2,1-3H3. The van der Waals surface area contributed by atoms with Crippen LogP contribution in [-0.4, -0.2) is 36.2 Å². The molecule has 0 bridgehead atoms. The lowest BCUT2D eigenvalue weighted by Gasteiger charge is -2.44. The van der Waals surface area contributed by atoms with E-state index in [4.69, 9.17) is 9.47 Å². The van der Waals surface area contributed by atoms with E-state index in [1.807, 2.05) is 14.2 Å². The van der Waals surface area contributed by atoms with Crippen LogP contribution in [0.4, 0.5) is 0 Å². The summed E-state index contributed by atoms with van der Waals surface area (Å²) < 4.78 is 11.7. The molecule has 2 aromatic carbocycles. The number of rotatable bonds is 10. The van der Waals surface area contributed by atoms with E-state index in [9.17, 15) is 0 Å². The Kier molecular flexibility index (Phi) is 8.52. The Morgan fingerprint density at radius 1 is 0.828 bits per heavy atom. The molecule has 0 amide bonds. The number of hydrogen-bond donors (Lipinski definition) is 0. The van der Waals surface area contributed by atoms with Gasteiger partial charge < -0.3 is 9.47 Å². The van der Waals surface area contributed by atoms with E-state index < -0.39 is 8.80 Å². The molecule has 0 aliphatic heterocycles. The van der Waals surface area contributed by atoms with E-state index in [-0.39, 0.29) is 5.41 Å². The largest absolute Gasteiger partial charge is 0.384 e. The first-order chi connectivity index (χ1) is 14.2. The maximum Gasteiger partial charge on any atom is 0.124 e. The summed E-state index contributed by atoms with van der Waals surface area (Å²) in [4.78, 5) is 0. The Morgan fingerprint density at radius 2 is 1.31 bits per heavy atom. The SMILES string of the molecule is COCC(COC)(CC(C)[Si](c1ccccc1)c1ccccc1)C1CCCCC1. The number of benzene rings is 2. The minimum Gasteiger partial charge on any atom is -0.384 e. The van der Waals surface area contributed by atoms with Gasteiger partial charge in [0.15, 0.2) is 0 Å². The second-order valence-corrected chi connectivity index (χ2v) is 11.8. The van der Waals surface area contributed by atoms with E-state index in [0.717, 1.165) is 19.6 Å². The molecule has 2 nitrogen and oxygen atoms in total. The number of methoxy groups -OCH3 is 2. The molecular formula is C26H37O2Si. The molecule has 0 spiro atoms. The average molecular weight is 410 g/mol. The zero-order chi connectivity index (χ0) is 20.5. The van der Waals surface area contributed by atoms with Crippen LogP contribution in [0.3, 0.4) is 0 Å². The number of hydrogen-bond acceptors (Lipinski definition) is 2. The highest BCUT2D eigenvalue weighted by atomic mass is 28.3. The lowest BCUT2D eigenvalue weighted by molar-refractivity contribution is -0.0467. The van der Waals surface area contributed by atoms with Crippen LogP contribution in [0.15, 0.2) is 60.7 Å². The van der Waals surface area contributed by atoms with Crippen LogP contribution >= 0.6 is 0 Å². The first-order valence-corrected chi connectivity index (χ1v) is 12.7. The molecule has 157 valence electrons. The van der Waals surface area contributed by atoms with Crippen molar-refractivity contribution in [3.8, 4) is 0 Å². The first-order valence-electron chi connectivity index (χ1n) is 11.2. The van der Waals surface area contributed by atoms with Gasteiger partial charge in [0.05, 0.1) is 13.2 Å². The van der Waals surface area contributed by atoms with Gasteiger partial charge in [0, 0.05) is 19.6 Å². The van der Waals surface area contributed by atoms with Crippen molar-refractivity contribution in [3.63, 3.8) is 0 Å². The quantitative estimate of drug-likeness (QED) is 0.518. The van der Waals surface area contributed by atoms with Crippen molar-refractivity contribution in [1.82, 2.24) is 0 Å². The van der Waals surface area contributed by atoms with Gasteiger partial charge in [-0.1, -0.05) is 97.2 Å². The normalized spacial score (nSPS) is 16.8. The second kappa shape index (κ2) is 11.1. The van der Waals surface area contributed by atoms with Gasteiger partial charge in [-0.3, -0.25) is 0 Å². The number of ether oxygens (including phenoxy) is 2.